The van der Waals surface area contributed by atoms with Crippen LogP contribution in [-0.2, 0) is 35.7 Å². The Balaban J connectivity index is 1.08. The molecule has 14 nitrogen and oxygen atoms in total. The summed E-state index contributed by atoms with van der Waals surface area (Å²) in [5.74, 6) is 3.20. The summed E-state index contributed by atoms with van der Waals surface area (Å²) in [6.45, 7) is 7.73. The van der Waals surface area contributed by atoms with Gasteiger partial charge in [-0.05, 0) is 60.0 Å². The summed E-state index contributed by atoms with van der Waals surface area (Å²) in [6.07, 6.45) is 4.28. The lowest BCUT2D eigenvalue weighted by atomic mass is 10.1. The number of methoxy groups -OCH3 is 2. The Morgan fingerprint density at radius 3 is 2.05 bits per heavy atom. The molecule has 0 aliphatic carbocycles. The van der Waals surface area contributed by atoms with Crippen LogP contribution in [0.4, 0.5) is 27.8 Å². The maximum absolute atomic E-state index is 14.9. The Morgan fingerprint density at radius 2 is 1.44 bits per heavy atom. The molecule has 5 aromatic rings. The predicted molar refractivity (Wildman–Crippen MR) is 224 cm³/mol. The summed E-state index contributed by atoms with van der Waals surface area (Å²) in [5.41, 5.74) is 6.11. The fourth-order valence-corrected chi connectivity index (χ4v) is 7.68. The summed E-state index contributed by atoms with van der Waals surface area (Å²) in [5, 5.41) is 3.00. The maximum Gasteiger partial charge on any atom is 0.251 e. The number of carbonyl (C=O) groups excluding carboxylic acids is 1. The number of nitrogens with zero attached hydrogens (tertiary/aromatic N) is 8. The minimum atomic E-state index is -0.733. The third-order valence-corrected chi connectivity index (χ3v) is 11.0. The monoisotopic (exact) mass is 803 g/mol. The summed E-state index contributed by atoms with van der Waals surface area (Å²) in [6, 6.07) is 21.2. The van der Waals surface area contributed by atoms with Gasteiger partial charge in [-0.25, -0.2) is 19.3 Å². The molecular weight excluding hydrogens is 754 g/mol. The molecule has 2 saturated heterocycles. The van der Waals surface area contributed by atoms with Crippen molar-refractivity contribution in [1.82, 2.24) is 30.2 Å². The van der Waals surface area contributed by atoms with E-state index in [9.17, 15) is 9.18 Å². The van der Waals surface area contributed by atoms with Gasteiger partial charge in [-0.3, -0.25) is 9.69 Å². The summed E-state index contributed by atoms with van der Waals surface area (Å²) >= 11 is 0. The van der Waals surface area contributed by atoms with Crippen LogP contribution in [0.25, 0.3) is 11.3 Å². The SMILES string of the molecule is COc1ccc(CN(Cc2ccc(OC)cc2)c2ncc(-c3nc(N4CCOCC4)nc4c3CCN4c3ccc(C(=O)NCCN4CCOCC4)cc3CF)cn2)cc1. The molecule has 1 amide bonds. The van der Waals surface area contributed by atoms with E-state index in [-0.39, 0.29) is 5.91 Å². The molecule has 8 rings (SSSR count). The highest BCUT2D eigenvalue weighted by atomic mass is 19.1. The van der Waals surface area contributed by atoms with E-state index in [0.29, 0.717) is 107 Å². The molecule has 0 atom stereocenters. The number of morpholine rings is 2. The number of aromatic nitrogens is 4. The number of amides is 1. The molecule has 1 N–H and O–H groups in total. The van der Waals surface area contributed by atoms with Crippen LogP contribution in [0.5, 0.6) is 11.5 Å². The Labute approximate surface area is 343 Å². The van der Waals surface area contributed by atoms with Crippen LogP contribution >= 0.6 is 0 Å². The number of benzene rings is 3. The second-order valence-corrected chi connectivity index (χ2v) is 14.7. The van der Waals surface area contributed by atoms with Crippen molar-refractivity contribution >= 4 is 29.3 Å². The number of nitrogens with one attached hydrogen (secondary N) is 1. The zero-order valence-corrected chi connectivity index (χ0v) is 33.6. The molecule has 3 aliphatic heterocycles. The molecule has 0 bridgehead atoms. The van der Waals surface area contributed by atoms with Crippen molar-refractivity contribution in [2.75, 3.05) is 101 Å². The number of halogens is 1. The van der Waals surface area contributed by atoms with Crippen molar-refractivity contribution in [3.8, 4) is 22.8 Å². The topological polar surface area (TPSA) is 131 Å². The molecule has 5 heterocycles. The van der Waals surface area contributed by atoms with Gasteiger partial charge in [0.15, 0.2) is 0 Å². The van der Waals surface area contributed by atoms with Crippen molar-refractivity contribution in [3.05, 3.63) is 107 Å². The predicted octanol–water partition coefficient (Wildman–Crippen LogP) is 5.22. The minimum absolute atomic E-state index is 0.226. The van der Waals surface area contributed by atoms with E-state index in [1.54, 1.807) is 26.4 Å². The molecular formula is C44H50FN9O5. The van der Waals surface area contributed by atoms with E-state index < -0.39 is 6.67 Å². The van der Waals surface area contributed by atoms with Crippen molar-refractivity contribution < 1.29 is 28.1 Å². The van der Waals surface area contributed by atoms with E-state index in [0.717, 1.165) is 59.1 Å². The minimum Gasteiger partial charge on any atom is -0.497 e. The van der Waals surface area contributed by atoms with Crippen LogP contribution in [0, 0.1) is 0 Å². The molecule has 3 aliphatic rings. The Bertz CT molecular complexity index is 2130. The molecule has 59 heavy (non-hydrogen) atoms. The van der Waals surface area contributed by atoms with E-state index in [4.69, 9.17) is 38.9 Å². The first-order valence-electron chi connectivity index (χ1n) is 20.1. The number of carbonyl (C=O) groups is 1. The fraction of sp³-hybridized carbons (Fsp3) is 0.386. The molecule has 2 fully saturated rings. The van der Waals surface area contributed by atoms with E-state index in [1.165, 1.54) is 0 Å². The number of hydrogen-bond donors (Lipinski definition) is 1. The van der Waals surface area contributed by atoms with Gasteiger partial charge in [-0.2, -0.15) is 4.98 Å². The number of anilines is 4. The van der Waals surface area contributed by atoms with Gasteiger partial charge in [-0.15, -0.1) is 0 Å². The number of alkyl halides is 1. The van der Waals surface area contributed by atoms with E-state index in [2.05, 4.69) is 20.0 Å². The lowest BCUT2D eigenvalue weighted by molar-refractivity contribution is 0.0383. The average molecular weight is 804 g/mol. The largest absolute Gasteiger partial charge is 0.497 e. The van der Waals surface area contributed by atoms with Crippen LogP contribution in [-0.4, -0.2) is 117 Å². The second-order valence-electron chi connectivity index (χ2n) is 14.7. The fourth-order valence-electron chi connectivity index (χ4n) is 7.68. The zero-order chi connectivity index (χ0) is 40.6. The van der Waals surface area contributed by atoms with Crippen LogP contribution in [0.1, 0.15) is 32.6 Å². The normalized spacial score (nSPS) is 15.5. The Morgan fingerprint density at radius 1 is 0.814 bits per heavy atom. The maximum atomic E-state index is 14.9. The van der Waals surface area contributed by atoms with Crippen molar-refractivity contribution in [2.45, 2.75) is 26.2 Å². The third-order valence-electron chi connectivity index (χ3n) is 11.0. The molecule has 0 saturated carbocycles. The van der Waals surface area contributed by atoms with Gasteiger partial charge in [0.1, 0.15) is 24.0 Å². The first kappa shape index (κ1) is 39.9. The van der Waals surface area contributed by atoms with E-state index >= 15 is 0 Å². The second kappa shape index (κ2) is 18.8. The van der Waals surface area contributed by atoms with Gasteiger partial charge in [0.25, 0.3) is 5.91 Å². The van der Waals surface area contributed by atoms with Gasteiger partial charge >= 0.3 is 0 Å². The molecule has 308 valence electrons. The first-order valence-corrected chi connectivity index (χ1v) is 20.1. The van der Waals surface area contributed by atoms with Gasteiger partial charge < -0.3 is 39.0 Å². The molecule has 15 heteroatoms. The summed E-state index contributed by atoms with van der Waals surface area (Å²) in [7, 11) is 3.31. The molecule has 3 aromatic carbocycles. The zero-order valence-electron chi connectivity index (χ0n) is 33.6. The number of hydrogen-bond acceptors (Lipinski definition) is 13. The van der Waals surface area contributed by atoms with Crippen LogP contribution < -0.4 is 29.5 Å². The molecule has 0 unspecified atom stereocenters. The first-order chi connectivity index (χ1) is 29.0. The van der Waals surface area contributed by atoms with Crippen LogP contribution in [0.2, 0.25) is 0 Å². The third kappa shape index (κ3) is 9.38. The Hall–Kier alpha value is -5.90. The highest BCUT2D eigenvalue weighted by Crippen LogP contribution is 2.41. The summed E-state index contributed by atoms with van der Waals surface area (Å²) < 4.78 is 36.7. The smallest absolute Gasteiger partial charge is 0.251 e. The average Bonchev–Trinajstić information content (AvgIpc) is 3.73. The molecule has 2 aromatic heterocycles. The quantitative estimate of drug-likeness (QED) is 0.149. The van der Waals surface area contributed by atoms with Crippen molar-refractivity contribution in [2.24, 2.45) is 0 Å². The van der Waals surface area contributed by atoms with E-state index in [1.807, 2.05) is 71.9 Å². The standard InChI is InChI=1S/C44H50FN9O5/c1-56-36-8-3-31(4-9-36)29-53(30-32-5-10-37(57-2)11-6-32)43-47-27-35(28-48-43)40-38-13-15-54(41(38)50-44(49-40)52-19-23-59-24-20-52)39-12-7-33(25-34(39)26-45)42(55)46-14-16-51-17-21-58-22-18-51/h3-12,25,27-28H,13-24,26,29-30H2,1-2H3,(H,46,55). The lowest BCUT2D eigenvalue weighted by Gasteiger charge is -2.29. The van der Waals surface area contributed by atoms with Gasteiger partial charge in [0, 0.05) is 99.2 Å². The van der Waals surface area contributed by atoms with Gasteiger partial charge in [0.05, 0.1) is 46.3 Å². The highest BCUT2D eigenvalue weighted by molar-refractivity contribution is 5.95. The molecule has 0 radical (unpaired) electrons. The highest BCUT2D eigenvalue weighted by Gasteiger charge is 2.31. The van der Waals surface area contributed by atoms with Gasteiger partial charge in [-0.1, -0.05) is 24.3 Å². The van der Waals surface area contributed by atoms with Crippen molar-refractivity contribution in [1.29, 1.82) is 0 Å². The number of fused-ring (bicyclic) bond motifs is 1. The van der Waals surface area contributed by atoms with Crippen LogP contribution in [0.3, 0.4) is 0 Å². The van der Waals surface area contributed by atoms with Crippen molar-refractivity contribution in [3.63, 3.8) is 0 Å². The lowest BCUT2D eigenvalue weighted by Crippen LogP contribution is -2.41. The molecule has 0 spiro atoms. The number of rotatable bonds is 15. The van der Waals surface area contributed by atoms with Crippen LogP contribution in [0.15, 0.2) is 79.1 Å². The number of ether oxygens (including phenoxy) is 4. The van der Waals surface area contributed by atoms with Gasteiger partial charge in [0.2, 0.25) is 11.9 Å². The summed E-state index contributed by atoms with van der Waals surface area (Å²) in [4.78, 5) is 41.8. The Kier molecular flexibility index (Phi) is 12.7.